The molecule has 0 spiro atoms. The molecule has 3 aromatic rings. The number of rotatable bonds is 4. The van der Waals surface area contributed by atoms with Gasteiger partial charge in [-0.15, -0.1) is 0 Å². The van der Waals surface area contributed by atoms with Crippen molar-refractivity contribution in [3.05, 3.63) is 76.6 Å². The highest BCUT2D eigenvalue weighted by Gasteiger charge is 2.09. The van der Waals surface area contributed by atoms with Crippen molar-refractivity contribution < 1.29 is 4.79 Å². The number of carbonyl (C=O) groups excluding carboxylic acids is 1. The van der Waals surface area contributed by atoms with Gasteiger partial charge in [-0.3, -0.25) is 4.79 Å². The summed E-state index contributed by atoms with van der Waals surface area (Å²) in [5.41, 5.74) is 6.14. The first-order valence-corrected chi connectivity index (χ1v) is 8.49. The van der Waals surface area contributed by atoms with Gasteiger partial charge in [0, 0.05) is 28.3 Å². The Hall–Kier alpha value is -3.21. The zero-order chi connectivity index (χ0) is 18.7. The topological polar surface area (TPSA) is 66.9 Å². The molecule has 26 heavy (non-hydrogen) atoms. The molecule has 0 fully saturated rings. The number of hydrogen-bond donors (Lipinski definition) is 2. The van der Waals surface area contributed by atoms with Crippen LogP contribution in [0.3, 0.4) is 0 Å². The number of amides is 1. The third-order valence-electron chi connectivity index (χ3n) is 3.99. The van der Waals surface area contributed by atoms with Crippen molar-refractivity contribution in [2.45, 2.75) is 27.7 Å². The Morgan fingerprint density at radius 1 is 0.885 bits per heavy atom. The van der Waals surface area contributed by atoms with Crippen molar-refractivity contribution in [3.8, 4) is 0 Å². The van der Waals surface area contributed by atoms with E-state index in [1.165, 1.54) is 5.56 Å². The van der Waals surface area contributed by atoms with Gasteiger partial charge in [0.05, 0.1) is 0 Å². The van der Waals surface area contributed by atoms with Crippen LogP contribution in [0.4, 0.5) is 17.3 Å². The number of nitrogens with zero attached hydrogens (tertiary/aromatic N) is 2. The Bertz CT molecular complexity index is 946. The van der Waals surface area contributed by atoms with Gasteiger partial charge in [-0.1, -0.05) is 23.8 Å². The molecule has 1 amide bonds. The lowest BCUT2D eigenvalue weighted by molar-refractivity contribution is 0.102. The maximum absolute atomic E-state index is 12.6. The summed E-state index contributed by atoms with van der Waals surface area (Å²) in [7, 11) is 0. The van der Waals surface area contributed by atoms with Gasteiger partial charge in [-0.05, 0) is 63.6 Å². The zero-order valence-electron chi connectivity index (χ0n) is 15.4. The highest BCUT2D eigenvalue weighted by Crippen LogP contribution is 2.19. The van der Waals surface area contributed by atoms with E-state index >= 15 is 0 Å². The molecule has 0 bridgehead atoms. The Labute approximate surface area is 153 Å². The van der Waals surface area contributed by atoms with Crippen LogP contribution < -0.4 is 10.6 Å². The van der Waals surface area contributed by atoms with Crippen LogP contribution in [0.25, 0.3) is 0 Å². The first kappa shape index (κ1) is 17.6. The van der Waals surface area contributed by atoms with Crippen LogP contribution in [-0.4, -0.2) is 15.9 Å². The molecule has 2 aromatic carbocycles. The van der Waals surface area contributed by atoms with Gasteiger partial charge in [-0.2, -0.15) is 0 Å². The van der Waals surface area contributed by atoms with Crippen LogP contribution in [0.15, 0.2) is 48.5 Å². The van der Waals surface area contributed by atoms with Crippen LogP contribution in [0.1, 0.15) is 32.9 Å². The van der Waals surface area contributed by atoms with Crippen LogP contribution in [0, 0.1) is 27.7 Å². The first-order chi connectivity index (χ1) is 12.4. The normalized spacial score (nSPS) is 10.5. The fraction of sp³-hybridized carbons (Fsp3) is 0.190. The Balaban J connectivity index is 1.78. The minimum Gasteiger partial charge on any atom is -0.324 e. The summed E-state index contributed by atoms with van der Waals surface area (Å²) < 4.78 is 0. The fourth-order valence-corrected chi connectivity index (χ4v) is 2.80. The highest BCUT2D eigenvalue weighted by atomic mass is 16.1. The predicted octanol–water partition coefficient (Wildman–Crippen LogP) is 4.71. The van der Waals surface area contributed by atoms with E-state index < -0.39 is 0 Å². The molecule has 0 atom stereocenters. The van der Waals surface area contributed by atoms with Crippen molar-refractivity contribution in [2.75, 3.05) is 10.6 Å². The average Bonchev–Trinajstić information content (AvgIpc) is 2.56. The lowest BCUT2D eigenvalue weighted by Crippen LogP contribution is -2.13. The Morgan fingerprint density at radius 3 is 2.31 bits per heavy atom. The molecule has 5 nitrogen and oxygen atoms in total. The van der Waals surface area contributed by atoms with E-state index in [1.54, 1.807) is 12.1 Å². The minimum absolute atomic E-state index is 0.151. The van der Waals surface area contributed by atoms with E-state index in [-0.39, 0.29) is 5.91 Å². The van der Waals surface area contributed by atoms with Crippen molar-refractivity contribution >= 4 is 23.2 Å². The van der Waals surface area contributed by atoms with Crippen molar-refractivity contribution in [1.29, 1.82) is 0 Å². The third kappa shape index (κ3) is 4.25. The second kappa shape index (κ2) is 7.35. The van der Waals surface area contributed by atoms with Crippen molar-refractivity contribution in [3.63, 3.8) is 0 Å². The average molecular weight is 346 g/mol. The Kier molecular flexibility index (Phi) is 4.98. The molecule has 0 saturated carbocycles. The number of anilines is 3. The van der Waals surface area contributed by atoms with E-state index in [0.717, 1.165) is 28.3 Å². The zero-order valence-corrected chi connectivity index (χ0v) is 15.4. The molecule has 0 aliphatic heterocycles. The second-order valence-electron chi connectivity index (χ2n) is 6.45. The highest BCUT2D eigenvalue weighted by molar-refractivity contribution is 6.05. The van der Waals surface area contributed by atoms with E-state index in [4.69, 9.17) is 0 Å². The lowest BCUT2D eigenvalue weighted by Gasteiger charge is -2.11. The predicted molar refractivity (Wildman–Crippen MR) is 105 cm³/mol. The number of aryl methyl sites for hydroxylation is 4. The van der Waals surface area contributed by atoms with Gasteiger partial charge in [0.2, 0.25) is 5.95 Å². The number of hydrogen-bond acceptors (Lipinski definition) is 4. The molecule has 0 aliphatic carbocycles. The molecule has 132 valence electrons. The molecule has 0 saturated heterocycles. The van der Waals surface area contributed by atoms with E-state index in [0.29, 0.717) is 11.5 Å². The summed E-state index contributed by atoms with van der Waals surface area (Å²) in [4.78, 5) is 21.3. The largest absolute Gasteiger partial charge is 0.324 e. The van der Waals surface area contributed by atoms with Crippen LogP contribution in [0.5, 0.6) is 0 Å². The van der Waals surface area contributed by atoms with Gasteiger partial charge in [0.15, 0.2) is 0 Å². The molecule has 1 heterocycles. The van der Waals surface area contributed by atoms with E-state index in [9.17, 15) is 4.79 Å². The maximum atomic E-state index is 12.6. The molecule has 0 radical (unpaired) electrons. The quantitative estimate of drug-likeness (QED) is 0.718. The summed E-state index contributed by atoms with van der Waals surface area (Å²) >= 11 is 0. The number of benzene rings is 2. The molecule has 5 heteroatoms. The second-order valence-corrected chi connectivity index (χ2v) is 6.45. The maximum Gasteiger partial charge on any atom is 0.255 e. The molecule has 3 rings (SSSR count). The number of carbonyl (C=O) groups is 1. The van der Waals surface area contributed by atoms with Crippen molar-refractivity contribution in [2.24, 2.45) is 0 Å². The van der Waals surface area contributed by atoms with E-state index in [1.807, 2.05) is 64.1 Å². The molecule has 0 unspecified atom stereocenters. The SMILES string of the molecule is Cc1ccc(NC(=O)c2cccc(Nc3nc(C)cc(C)n3)c2)c(C)c1. The van der Waals surface area contributed by atoms with Crippen LogP contribution in [-0.2, 0) is 0 Å². The minimum atomic E-state index is -0.151. The van der Waals surface area contributed by atoms with Crippen LogP contribution >= 0.6 is 0 Å². The van der Waals surface area contributed by atoms with Gasteiger partial charge < -0.3 is 10.6 Å². The molecule has 0 aliphatic rings. The lowest BCUT2D eigenvalue weighted by atomic mass is 10.1. The number of nitrogens with one attached hydrogen (secondary N) is 2. The number of aromatic nitrogens is 2. The summed E-state index contributed by atoms with van der Waals surface area (Å²) in [5.74, 6) is 0.372. The summed E-state index contributed by atoms with van der Waals surface area (Å²) in [6, 6.07) is 15.2. The molecular weight excluding hydrogens is 324 g/mol. The smallest absolute Gasteiger partial charge is 0.255 e. The Morgan fingerprint density at radius 2 is 1.62 bits per heavy atom. The van der Waals surface area contributed by atoms with Gasteiger partial charge in [-0.25, -0.2) is 9.97 Å². The van der Waals surface area contributed by atoms with Gasteiger partial charge >= 0.3 is 0 Å². The molecule has 1 aromatic heterocycles. The van der Waals surface area contributed by atoms with Gasteiger partial charge in [0.1, 0.15) is 0 Å². The summed E-state index contributed by atoms with van der Waals surface area (Å²) in [6.07, 6.45) is 0. The van der Waals surface area contributed by atoms with Crippen LogP contribution in [0.2, 0.25) is 0 Å². The van der Waals surface area contributed by atoms with Gasteiger partial charge in [0.25, 0.3) is 5.91 Å². The fourth-order valence-electron chi connectivity index (χ4n) is 2.80. The molecular formula is C21H22N4O. The standard InChI is InChI=1S/C21H22N4O/c1-13-8-9-19(14(2)10-13)25-20(26)17-6-5-7-18(12-17)24-21-22-15(3)11-16(4)23-21/h5-12H,1-4H3,(H,25,26)(H,22,23,24). The summed E-state index contributed by atoms with van der Waals surface area (Å²) in [5, 5.41) is 6.13. The first-order valence-electron chi connectivity index (χ1n) is 8.49. The third-order valence-corrected chi connectivity index (χ3v) is 3.99. The monoisotopic (exact) mass is 346 g/mol. The van der Waals surface area contributed by atoms with E-state index in [2.05, 4.69) is 20.6 Å². The van der Waals surface area contributed by atoms with Crippen molar-refractivity contribution in [1.82, 2.24) is 9.97 Å². The molecule has 2 N–H and O–H groups in total. The summed E-state index contributed by atoms with van der Waals surface area (Å²) in [6.45, 7) is 7.86.